The topological polar surface area (TPSA) is 30.9 Å². The minimum Gasteiger partial charge on any atom is -0.490 e. The first kappa shape index (κ1) is 18.5. The molecule has 2 saturated heterocycles. The highest BCUT2D eigenvalue weighted by molar-refractivity contribution is 5.30. The SMILES string of the molecule is FC(F)(F)c1cccc(OC2CCN(CCC3COCCO3)CC2)c1. The predicted octanol–water partition coefficient (Wildman–Crippen LogP) is 3.35. The smallest absolute Gasteiger partial charge is 0.416 e. The van der Waals surface area contributed by atoms with Crippen LogP contribution in [0.15, 0.2) is 24.3 Å². The zero-order valence-electron chi connectivity index (χ0n) is 14.1. The number of hydrogen-bond donors (Lipinski definition) is 0. The molecule has 140 valence electrons. The van der Waals surface area contributed by atoms with Crippen LogP contribution < -0.4 is 4.74 Å². The average Bonchev–Trinajstić information content (AvgIpc) is 2.62. The van der Waals surface area contributed by atoms with Crippen molar-refractivity contribution in [3.8, 4) is 5.75 Å². The van der Waals surface area contributed by atoms with Gasteiger partial charge in [-0.3, -0.25) is 0 Å². The molecule has 2 aliphatic rings. The van der Waals surface area contributed by atoms with E-state index in [2.05, 4.69) is 4.90 Å². The maximum atomic E-state index is 12.8. The first-order valence-electron chi connectivity index (χ1n) is 8.76. The number of hydrogen-bond acceptors (Lipinski definition) is 4. The highest BCUT2D eigenvalue weighted by Gasteiger charge is 2.31. The van der Waals surface area contributed by atoms with E-state index in [0.29, 0.717) is 25.6 Å². The lowest BCUT2D eigenvalue weighted by molar-refractivity contribution is -0.137. The number of piperidine rings is 1. The zero-order valence-corrected chi connectivity index (χ0v) is 14.1. The number of likely N-dealkylation sites (tertiary alicyclic amines) is 1. The fourth-order valence-electron chi connectivity index (χ4n) is 3.22. The summed E-state index contributed by atoms with van der Waals surface area (Å²) >= 11 is 0. The van der Waals surface area contributed by atoms with Crippen molar-refractivity contribution in [1.29, 1.82) is 0 Å². The van der Waals surface area contributed by atoms with Gasteiger partial charge in [0.15, 0.2) is 0 Å². The quantitative estimate of drug-likeness (QED) is 0.807. The van der Waals surface area contributed by atoms with E-state index in [1.807, 2.05) is 0 Å². The van der Waals surface area contributed by atoms with Crippen LogP contribution in [0, 0.1) is 0 Å². The number of benzene rings is 1. The Bertz CT molecular complexity index is 539. The number of halogens is 3. The summed E-state index contributed by atoms with van der Waals surface area (Å²) in [5.41, 5.74) is -0.669. The van der Waals surface area contributed by atoms with Crippen LogP contribution in [-0.4, -0.2) is 56.6 Å². The summed E-state index contributed by atoms with van der Waals surface area (Å²) in [4.78, 5) is 2.35. The summed E-state index contributed by atoms with van der Waals surface area (Å²) in [6, 6.07) is 5.11. The molecule has 2 fully saturated rings. The lowest BCUT2D eigenvalue weighted by Crippen LogP contribution is -2.40. The molecule has 2 aliphatic heterocycles. The molecule has 1 atom stereocenters. The Balaban J connectivity index is 1.42. The molecule has 25 heavy (non-hydrogen) atoms. The van der Waals surface area contributed by atoms with Gasteiger partial charge in [-0.2, -0.15) is 13.2 Å². The molecule has 2 heterocycles. The van der Waals surface area contributed by atoms with Crippen LogP contribution in [0.3, 0.4) is 0 Å². The Morgan fingerprint density at radius 1 is 1.16 bits per heavy atom. The largest absolute Gasteiger partial charge is 0.490 e. The van der Waals surface area contributed by atoms with E-state index in [4.69, 9.17) is 14.2 Å². The van der Waals surface area contributed by atoms with Crippen molar-refractivity contribution in [2.75, 3.05) is 39.5 Å². The van der Waals surface area contributed by atoms with Crippen molar-refractivity contribution in [2.24, 2.45) is 0 Å². The van der Waals surface area contributed by atoms with E-state index in [1.165, 1.54) is 6.07 Å². The Morgan fingerprint density at radius 2 is 1.96 bits per heavy atom. The highest BCUT2D eigenvalue weighted by atomic mass is 19.4. The van der Waals surface area contributed by atoms with Crippen LogP contribution in [0.5, 0.6) is 5.75 Å². The number of alkyl halides is 3. The van der Waals surface area contributed by atoms with Gasteiger partial charge < -0.3 is 19.1 Å². The van der Waals surface area contributed by atoms with Gasteiger partial charge in [-0.15, -0.1) is 0 Å². The van der Waals surface area contributed by atoms with Crippen LogP contribution in [0.2, 0.25) is 0 Å². The molecule has 3 rings (SSSR count). The Labute approximate surface area is 145 Å². The van der Waals surface area contributed by atoms with Gasteiger partial charge in [-0.1, -0.05) is 6.07 Å². The highest BCUT2D eigenvalue weighted by Crippen LogP contribution is 2.32. The minimum atomic E-state index is -4.34. The third-order valence-electron chi connectivity index (χ3n) is 4.65. The van der Waals surface area contributed by atoms with Crippen LogP contribution in [0.1, 0.15) is 24.8 Å². The van der Waals surface area contributed by atoms with Gasteiger partial charge in [0, 0.05) is 19.6 Å². The first-order chi connectivity index (χ1) is 12.0. The van der Waals surface area contributed by atoms with E-state index >= 15 is 0 Å². The summed E-state index contributed by atoms with van der Waals surface area (Å²) in [5, 5.41) is 0. The molecule has 1 aromatic rings. The molecule has 0 aromatic heterocycles. The molecule has 0 aliphatic carbocycles. The van der Waals surface area contributed by atoms with Crippen molar-refractivity contribution < 1.29 is 27.4 Å². The van der Waals surface area contributed by atoms with Gasteiger partial charge in [0.2, 0.25) is 0 Å². The summed E-state index contributed by atoms with van der Waals surface area (Å²) in [7, 11) is 0. The molecule has 1 unspecified atom stereocenters. The van der Waals surface area contributed by atoms with Gasteiger partial charge in [-0.05, 0) is 37.5 Å². The molecule has 0 N–H and O–H groups in total. The van der Waals surface area contributed by atoms with E-state index in [0.717, 1.165) is 51.0 Å². The molecule has 1 aromatic carbocycles. The standard InChI is InChI=1S/C18H24F3NO3/c19-18(20,21)14-2-1-3-16(12-14)25-15-4-7-22(8-5-15)9-6-17-13-23-10-11-24-17/h1-3,12,15,17H,4-11,13H2. The Morgan fingerprint density at radius 3 is 2.64 bits per heavy atom. The lowest BCUT2D eigenvalue weighted by Gasteiger charge is -2.33. The minimum absolute atomic E-state index is 0.0333. The second-order valence-electron chi connectivity index (χ2n) is 6.54. The number of ether oxygens (including phenoxy) is 3. The van der Waals surface area contributed by atoms with Crippen molar-refractivity contribution in [3.05, 3.63) is 29.8 Å². The fourth-order valence-corrected chi connectivity index (χ4v) is 3.22. The molecule has 0 radical (unpaired) electrons. The Hall–Kier alpha value is -1.31. The maximum absolute atomic E-state index is 12.8. The van der Waals surface area contributed by atoms with Gasteiger partial charge in [0.05, 0.1) is 31.5 Å². The molecular formula is C18H24F3NO3. The van der Waals surface area contributed by atoms with Crippen LogP contribution in [0.4, 0.5) is 13.2 Å². The molecular weight excluding hydrogens is 335 g/mol. The summed E-state index contributed by atoms with van der Waals surface area (Å²) < 4.78 is 55.1. The number of rotatable bonds is 5. The van der Waals surface area contributed by atoms with Crippen molar-refractivity contribution >= 4 is 0 Å². The van der Waals surface area contributed by atoms with Crippen molar-refractivity contribution in [3.63, 3.8) is 0 Å². The fraction of sp³-hybridized carbons (Fsp3) is 0.667. The predicted molar refractivity (Wildman–Crippen MR) is 86.7 cm³/mol. The second-order valence-corrected chi connectivity index (χ2v) is 6.54. The van der Waals surface area contributed by atoms with E-state index in [9.17, 15) is 13.2 Å². The molecule has 4 nitrogen and oxygen atoms in total. The third kappa shape index (κ3) is 5.59. The van der Waals surface area contributed by atoms with Crippen LogP contribution in [-0.2, 0) is 15.7 Å². The van der Waals surface area contributed by atoms with Crippen molar-refractivity contribution in [2.45, 2.75) is 37.6 Å². The van der Waals surface area contributed by atoms with E-state index in [-0.39, 0.29) is 12.2 Å². The second kappa shape index (κ2) is 8.38. The van der Waals surface area contributed by atoms with Gasteiger partial charge in [-0.25, -0.2) is 0 Å². The summed E-state index contributed by atoms with van der Waals surface area (Å²) in [6.07, 6.45) is -1.62. The molecule has 7 heteroatoms. The van der Waals surface area contributed by atoms with E-state index in [1.54, 1.807) is 6.07 Å². The van der Waals surface area contributed by atoms with Crippen LogP contribution in [0.25, 0.3) is 0 Å². The first-order valence-corrected chi connectivity index (χ1v) is 8.76. The summed E-state index contributed by atoms with van der Waals surface area (Å²) in [5.74, 6) is 0.293. The maximum Gasteiger partial charge on any atom is 0.416 e. The normalized spacial score (nSPS) is 23.6. The Kier molecular flexibility index (Phi) is 6.19. The average molecular weight is 359 g/mol. The number of nitrogens with zero attached hydrogens (tertiary/aromatic N) is 1. The molecule has 0 spiro atoms. The molecule has 0 saturated carbocycles. The monoisotopic (exact) mass is 359 g/mol. The van der Waals surface area contributed by atoms with Crippen molar-refractivity contribution in [1.82, 2.24) is 4.90 Å². The molecule has 0 bridgehead atoms. The lowest BCUT2D eigenvalue weighted by atomic mass is 10.1. The summed E-state index contributed by atoms with van der Waals surface area (Å²) in [6.45, 7) is 4.72. The molecule has 0 amide bonds. The van der Waals surface area contributed by atoms with Gasteiger partial charge in [0.1, 0.15) is 11.9 Å². The van der Waals surface area contributed by atoms with Gasteiger partial charge in [0.25, 0.3) is 0 Å². The van der Waals surface area contributed by atoms with E-state index < -0.39 is 11.7 Å². The zero-order chi connectivity index (χ0) is 17.7. The van der Waals surface area contributed by atoms with Gasteiger partial charge >= 0.3 is 6.18 Å². The third-order valence-corrected chi connectivity index (χ3v) is 4.65. The van der Waals surface area contributed by atoms with Crippen LogP contribution >= 0.6 is 0 Å².